The van der Waals surface area contributed by atoms with Gasteiger partial charge in [0.15, 0.2) is 0 Å². The maximum absolute atomic E-state index is 14.2. The first-order chi connectivity index (χ1) is 11.5. The Balaban J connectivity index is 1.88. The number of rotatable bonds is 2. The molecule has 0 aromatic heterocycles. The zero-order valence-corrected chi connectivity index (χ0v) is 17.6. The molecule has 3 nitrogen and oxygen atoms in total. The number of hydrogen-bond acceptors (Lipinski definition) is 3. The maximum atomic E-state index is 14.2. The van der Waals surface area contributed by atoms with Crippen molar-refractivity contribution in [3.8, 4) is 0 Å². The summed E-state index contributed by atoms with van der Waals surface area (Å²) in [6.07, 6.45) is 7.52. The van der Waals surface area contributed by atoms with E-state index in [0.29, 0.717) is 19.3 Å². The highest BCUT2D eigenvalue weighted by Crippen LogP contribution is 2.46. The minimum Gasteiger partial charge on any atom is -0.409 e. The van der Waals surface area contributed by atoms with Gasteiger partial charge in [0.25, 0.3) is 0 Å². The number of allylic oxidation sites excluding steroid dienone is 3. The quantitative estimate of drug-likeness (QED) is 0.490. The van der Waals surface area contributed by atoms with E-state index in [1.165, 1.54) is 6.42 Å². The summed E-state index contributed by atoms with van der Waals surface area (Å²) < 4.78 is 25.6. The van der Waals surface area contributed by atoms with Gasteiger partial charge in [0, 0.05) is 36.1 Å². The van der Waals surface area contributed by atoms with Crippen molar-refractivity contribution >= 4 is 23.0 Å². The molecule has 2 fully saturated rings. The van der Waals surface area contributed by atoms with E-state index in [2.05, 4.69) is 55.4 Å². The Kier molecular flexibility index (Phi) is 5.31. The van der Waals surface area contributed by atoms with Crippen LogP contribution in [0.2, 0.25) is 0 Å². The molecule has 2 aliphatic heterocycles. The molecule has 0 saturated carbocycles. The van der Waals surface area contributed by atoms with Gasteiger partial charge in [-0.25, -0.2) is 4.39 Å². The van der Waals surface area contributed by atoms with Crippen molar-refractivity contribution in [2.24, 2.45) is 11.3 Å². The summed E-state index contributed by atoms with van der Waals surface area (Å²) in [5, 5.41) is 0. The van der Waals surface area contributed by atoms with Crippen LogP contribution in [0.1, 0.15) is 47.5 Å². The Morgan fingerprint density at radius 2 is 1.92 bits per heavy atom. The highest BCUT2D eigenvalue weighted by Gasteiger charge is 2.56. The third-order valence-corrected chi connectivity index (χ3v) is 6.65. The third-order valence-electron chi connectivity index (χ3n) is 5.52. The van der Waals surface area contributed by atoms with Crippen LogP contribution in [0.15, 0.2) is 24.1 Å². The van der Waals surface area contributed by atoms with Gasteiger partial charge in [0.1, 0.15) is 5.83 Å². The van der Waals surface area contributed by atoms with Crippen LogP contribution in [-0.4, -0.2) is 47.6 Å². The van der Waals surface area contributed by atoms with Crippen LogP contribution in [-0.2, 0) is 9.31 Å². The Bertz CT molecular complexity index is 564. The second kappa shape index (κ2) is 6.77. The fourth-order valence-electron chi connectivity index (χ4n) is 4.29. The van der Waals surface area contributed by atoms with Crippen LogP contribution in [0.25, 0.3) is 0 Å². The summed E-state index contributed by atoms with van der Waals surface area (Å²) in [6.45, 7) is 13.3. The molecule has 3 aliphatic rings. The fourth-order valence-corrected chi connectivity index (χ4v) is 5.23. The van der Waals surface area contributed by atoms with Gasteiger partial charge in [-0.15, -0.1) is 0 Å². The molecular weight excluding hydrogens is 384 g/mol. The van der Waals surface area contributed by atoms with E-state index >= 15 is 0 Å². The predicted molar refractivity (Wildman–Crippen MR) is 104 cm³/mol. The minimum atomic E-state index is -0.680. The molecular formula is C19H30BBrFNO2. The van der Waals surface area contributed by atoms with Gasteiger partial charge < -0.3 is 9.31 Å². The van der Waals surface area contributed by atoms with Crippen molar-refractivity contribution in [1.82, 2.24) is 4.90 Å². The zero-order chi connectivity index (χ0) is 18.5. The standard InChI is InChI=1S/C19H30BBrFNO2/c1-17(2,3)23-10-6-7-16(23)15-9-8-14(22)11-19(15,21)20-24-12-18(4,5)13-25-20/h8-9,11,15-16H,6-7,10,12-13H2,1-5H3. The Hall–Kier alpha value is -0.165. The van der Waals surface area contributed by atoms with Crippen molar-refractivity contribution in [2.75, 3.05) is 19.8 Å². The molecule has 0 aromatic rings. The van der Waals surface area contributed by atoms with Gasteiger partial charge in [-0.3, -0.25) is 4.90 Å². The molecule has 0 N–H and O–H groups in total. The monoisotopic (exact) mass is 413 g/mol. The first kappa shape index (κ1) is 19.6. The third kappa shape index (κ3) is 3.92. The lowest BCUT2D eigenvalue weighted by molar-refractivity contribution is 0.0189. The van der Waals surface area contributed by atoms with Crippen LogP contribution in [0, 0.1) is 11.3 Å². The normalized spacial score (nSPS) is 36.6. The molecule has 1 aliphatic carbocycles. The number of alkyl halides is 1. The summed E-state index contributed by atoms with van der Waals surface area (Å²) in [6, 6.07) is 0.335. The van der Waals surface area contributed by atoms with Crippen molar-refractivity contribution in [3.05, 3.63) is 24.1 Å². The molecule has 0 amide bonds. The molecule has 3 unspecified atom stereocenters. The number of hydrogen-bond donors (Lipinski definition) is 0. The molecule has 140 valence electrons. The Labute approximate surface area is 160 Å². The summed E-state index contributed by atoms with van der Waals surface area (Å²) in [4.78, 5) is 2.54. The molecule has 0 bridgehead atoms. The highest BCUT2D eigenvalue weighted by atomic mass is 79.9. The van der Waals surface area contributed by atoms with Gasteiger partial charge in [-0.1, -0.05) is 35.9 Å². The number of halogens is 2. The topological polar surface area (TPSA) is 21.7 Å². The van der Waals surface area contributed by atoms with E-state index < -0.39 is 11.3 Å². The Morgan fingerprint density at radius 3 is 2.52 bits per heavy atom. The van der Waals surface area contributed by atoms with Crippen molar-refractivity contribution in [2.45, 2.75) is 63.3 Å². The van der Waals surface area contributed by atoms with Gasteiger partial charge in [0.2, 0.25) is 0 Å². The second-order valence-electron chi connectivity index (χ2n) is 9.43. The lowest BCUT2D eigenvalue weighted by Gasteiger charge is -2.47. The average molecular weight is 414 g/mol. The zero-order valence-electron chi connectivity index (χ0n) is 16.0. The van der Waals surface area contributed by atoms with Crippen LogP contribution in [0.3, 0.4) is 0 Å². The SMILES string of the molecule is CC1(C)COB(C2(Br)C=C(F)C=CC2C2CCCN2C(C)(C)C)OC1. The lowest BCUT2D eigenvalue weighted by atomic mass is 9.59. The molecule has 0 aromatic carbocycles. The van der Waals surface area contributed by atoms with E-state index in [1.807, 2.05) is 6.08 Å². The van der Waals surface area contributed by atoms with E-state index in [9.17, 15) is 4.39 Å². The minimum absolute atomic E-state index is 0.00702. The van der Waals surface area contributed by atoms with Crippen LogP contribution >= 0.6 is 15.9 Å². The van der Waals surface area contributed by atoms with E-state index in [4.69, 9.17) is 9.31 Å². The second-order valence-corrected chi connectivity index (χ2v) is 10.8. The Morgan fingerprint density at radius 1 is 1.28 bits per heavy atom. The first-order valence-electron chi connectivity index (χ1n) is 9.28. The van der Waals surface area contributed by atoms with Gasteiger partial charge in [-0.05, 0) is 52.3 Å². The average Bonchev–Trinajstić information content (AvgIpc) is 2.96. The largest absolute Gasteiger partial charge is 0.479 e. The number of likely N-dealkylation sites (tertiary alicyclic amines) is 1. The lowest BCUT2D eigenvalue weighted by Crippen LogP contribution is -2.60. The van der Waals surface area contributed by atoms with Gasteiger partial charge in [0.05, 0.1) is 4.22 Å². The van der Waals surface area contributed by atoms with Crippen LogP contribution < -0.4 is 0 Å². The van der Waals surface area contributed by atoms with Gasteiger partial charge >= 0.3 is 7.12 Å². The van der Waals surface area contributed by atoms with E-state index in [-0.39, 0.29) is 22.7 Å². The smallest absolute Gasteiger partial charge is 0.409 e. The summed E-state index contributed by atoms with van der Waals surface area (Å²) >= 11 is 3.86. The van der Waals surface area contributed by atoms with Crippen LogP contribution in [0.4, 0.5) is 4.39 Å². The molecule has 3 rings (SSSR count). The maximum Gasteiger partial charge on any atom is 0.479 e. The number of nitrogens with zero attached hydrogens (tertiary/aromatic N) is 1. The van der Waals surface area contributed by atoms with Gasteiger partial charge in [-0.2, -0.15) is 0 Å². The molecule has 6 heteroatoms. The molecule has 0 radical (unpaired) electrons. The van der Waals surface area contributed by atoms with Crippen molar-refractivity contribution in [3.63, 3.8) is 0 Å². The van der Waals surface area contributed by atoms with E-state index in [0.717, 1.165) is 13.0 Å². The van der Waals surface area contributed by atoms with Crippen molar-refractivity contribution < 1.29 is 13.7 Å². The first-order valence-corrected chi connectivity index (χ1v) is 10.1. The van der Waals surface area contributed by atoms with Crippen molar-refractivity contribution in [1.29, 1.82) is 0 Å². The fraction of sp³-hybridized carbons (Fsp3) is 0.789. The molecule has 25 heavy (non-hydrogen) atoms. The van der Waals surface area contributed by atoms with Crippen LogP contribution in [0.5, 0.6) is 0 Å². The summed E-state index contributed by atoms with van der Waals surface area (Å²) in [5.41, 5.74) is 0.0752. The molecule has 2 saturated heterocycles. The molecule has 0 spiro atoms. The summed E-state index contributed by atoms with van der Waals surface area (Å²) in [7, 11) is -0.483. The highest BCUT2D eigenvalue weighted by molar-refractivity contribution is 9.10. The molecule has 2 heterocycles. The molecule has 3 atom stereocenters. The summed E-state index contributed by atoms with van der Waals surface area (Å²) in [5.74, 6) is -0.134. The van der Waals surface area contributed by atoms with E-state index in [1.54, 1.807) is 12.2 Å². The predicted octanol–water partition coefficient (Wildman–Crippen LogP) is 4.52.